The third kappa shape index (κ3) is 2.49. The van der Waals surface area contributed by atoms with E-state index in [1.54, 1.807) is 31.4 Å². The number of aryl methyl sites for hydroxylation is 1. The number of hydrogen-bond donors (Lipinski definition) is 0. The van der Waals surface area contributed by atoms with Crippen LogP contribution in [0.5, 0.6) is 0 Å². The summed E-state index contributed by atoms with van der Waals surface area (Å²) in [7, 11) is 1.65. The van der Waals surface area contributed by atoms with Crippen molar-refractivity contribution in [1.29, 1.82) is 0 Å². The molecule has 0 saturated carbocycles. The molecule has 2 aromatic rings. The zero-order valence-corrected chi connectivity index (χ0v) is 10.8. The summed E-state index contributed by atoms with van der Waals surface area (Å²) in [6, 6.07) is 7.04. The highest BCUT2D eigenvalue weighted by molar-refractivity contribution is 6.34. The van der Waals surface area contributed by atoms with E-state index in [9.17, 15) is 4.79 Å². The first-order valence-electron chi connectivity index (χ1n) is 5.41. The molecule has 1 amide bonds. The molecule has 0 aliphatic rings. The lowest BCUT2D eigenvalue weighted by Gasteiger charge is -2.16. The van der Waals surface area contributed by atoms with Gasteiger partial charge < -0.3 is 0 Å². The van der Waals surface area contributed by atoms with E-state index in [2.05, 4.69) is 9.97 Å². The van der Waals surface area contributed by atoms with Gasteiger partial charge in [0.25, 0.3) is 5.91 Å². The molecule has 0 spiro atoms. The molecule has 0 saturated heterocycles. The Bertz CT molecular complexity index is 572. The molecule has 2 aromatic heterocycles. The summed E-state index contributed by atoms with van der Waals surface area (Å²) in [6.07, 6.45) is 3.12. The second kappa shape index (κ2) is 5.14. The summed E-state index contributed by atoms with van der Waals surface area (Å²) < 4.78 is 0. The molecule has 92 valence electrons. The van der Waals surface area contributed by atoms with Crippen molar-refractivity contribution in [3.63, 3.8) is 0 Å². The highest BCUT2D eigenvalue weighted by Crippen LogP contribution is 2.19. The minimum absolute atomic E-state index is 0.230. The smallest absolute Gasteiger partial charge is 0.262 e. The molecule has 5 heteroatoms. The van der Waals surface area contributed by atoms with Crippen molar-refractivity contribution >= 4 is 23.3 Å². The maximum Gasteiger partial charge on any atom is 0.262 e. The van der Waals surface area contributed by atoms with Crippen LogP contribution in [0.1, 0.15) is 16.1 Å². The van der Waals surface area contributed by atoms with Gasteiger partial charge in [0, 0.05) is 25.1 Å². The van der Waals surface area contributed by atoms with Crippen molar-refractivity contribution in [2.24, 2.45) is 0 Å². The maximum atomic E-state index is 12.2. The van der Waals surface area contributed by atoms with Gasteiger partial charge >= 0.3 is 0 Å². The van der Waals surface area contributed by atoms with Gasteiger partial charge in [-0.25, -0.2) is 4.98 Å². The van der Waals surface area contributed by atoms with Crippen LogP contribution in [0.3, 0.4) is 0 Å². The third-order valence-electron chi connectivity index (χ3n) is 2.52. The van der Waals surface area contributed by atoms with Crippen LogP contribution < -0.4 is 4.90 Å². The molecule has 0 aliphatic heterocycles. The Kier molecular flexibility index (Phi) is 3.58. The van der Waals surface area contributed by atoms with Gasteiger partial charge in [-0.3, -0.25) is 14.7 Å². The third-order valence-corrected chi connectivity index (χ3v) is 2.83. The molecule has 0 N–H and O–H groups in total. The first-order chi connectivity index (χ1) is 8.59. The van der Waals surface area contributed by atoms with E-state index in [0.717, 1.165) is 5.69 Å². The van der Waals surface area contributed by atoms with Gasteiger partial charge in [0.2, 0.25) is 0 Å². The summed E-state index contributed by atoms with van der Waals surface area (Å²) in [4.78, 5) is 21.9. The van der Waals surface area contributed by atoms with Crippen LogP contribution in [0.2, 0.25) is 5.02 Å². The molecular weight excluding hydrogens is 250 g/mol. The molecule has 0 aromatic carbocycles. The van der Waals surface area contributed by atoms with Gasteiger partial charge in [0.15, 0.2) is 0 Å². The van der Waals surface area contributed by atoms with Crippen LogP contribution in [-0.2, 0) is 0 Å². The largest absolute Gasteiger partial charge is 0.296 e. The van der Waals surface area contributed by atoms with E-state index < -0.39 is 0 Å². The summed E-state index contributed by atoms with van der Waals surface area (Å²) >= 11 is 6.05. The molecule has 0 fully saturated rings. The number of rotatable bonds is 2. The second-order valence-electron chi connectivity index (χ2n) is 3.86. The predicted octanol–water partition coefficient (Wildman–Crippen LogP) is 2.72. The molecular formula is C13H12ClN3O. The van der Waals surface area contributed by atoms with Gasteiger partial charge in [0.05, 0.1) is 10.6 Å². The Morgan fingerprint density at radius 2 is 2.11 bits per heavy atom. The highest BCUT2D eigenvalue weighted by Gasteiger charge is 2.17. The monoisotopic (exact) mass is 261 g/mol. The van der Waals surface area contributed by atoms with Gasteiger partial charge in [-0.2, -0.15) is 0 Å². The molecule has 2 rings (SSSR count). The van der Waals surface area contributed by atoms with E-state index in [1.807, 2.05) is 13.0 Å². The number of anilines is 1. The van der Waals surface area contributed by atoms with Crippen molar-refractivity contribution in [2.75, 3.05) is 11.9 Å². The summed E-state index contributed by atoms with van der Waals surface area (Å²) in [5.41, 5.74) is 1.15. The zero-order valence-electron chi connectivity index (χ0n) is 10.1. The van der Waals surface area contributed by atoms with Gasteiger partial charge in [-0.05, 0) is 25.1 Å². The lowest BCUT2D eigenvalue weighted by atomic mass is 10.2. The van der Waals surface area contributed by atoms with E-state index in [1.165, 1.54) is 11.1 Å². The molecule has 2 heterocycles. The number of halogens is 1. The predicted molar refractivity (Wildman–Crippen MR) is 71.0 cm³/mol. The molecule has 0 bridgehead atoms. The van der Waals surface area contributed by atoms with E-state index >= 15 is 0 Å². The number of carbonyl (C=O) groups is 1. The molecule has 0 aliphatic carbocycles. The van der Waals surface area contributed by atoms with Gasteiger partial charge in [0.1, 0.15) is 5.82 Å². The van der Waals surface area contributed by atoms with Crippen LogP contribution in [0.15, 0.2) is 36.7 Å². The number of nitrogens with zero attached hydrogens (tertiary/aromatic N) is 3. The highest BCUT2D eigenvalue weighted by atomic mass is 35.5. The summed E-state index contributed by atoms with van der Waals surface area (Å²) in [5, 5.41) is 0.398. The minimum Gasteiger partial charge on any atom is -0.296 e. The fourth-order valence-corrected chi connectivity index (χ4v) is 1.81. The Morgan fingerprint density at radius 1 is 1.33 bits per heavy atom. The molecule has 0 unspecified atom stereocenters. The van der Waals surface area contributed by atoms with Crippen molar-refractivity contribution < 1.29 is 4.79 Å². The lowest BCUT2D eigenvalue weighted by molar-refractivity contribution is 0.0992. The Hall–Kier alpha value is -1.94. The SMILES string of the molecule is Cc1cc(Cl)c(C(=O)N(C)c2ccccn2)cn1. The Morgan fingerprint density at radius 3 is 2.72 bits per heavy atom. The number of carbonyl (C=O) groups excluding carboxylic acids is 1. The van der Waals surface area contributed by atoms with E-state index in [0.29, 0.717) is 16.4 Å². The molecule has 0 atom stereocenters. The number of aromatic nitrogens is 2. The van der Waals surface area contributed by atoms with Crippen LogP contribution in [-0.4, -0.2) is 22.9 Å². The normalized spacial score (nSPS) is 10.2. The van der Waals surface area contributed by atoms with Gasteiger partial charge in [-0.15, -0.1) is 0 Å². The first-order valence-corrected chi connectivity index (χ1v) is 5.78. The van der Waals surface area contributed by atoms with E-state index in [4.69, 9.17) is 11.6 Å². The number of hydrogen-bond acceptors (Lipinski definition) is 3. The zero-order chi connectivity index (χ0) is 13.1. The summed E-state index contributed by atoms with van der Waals surface area (Å²) in [5.74, 6) is 0.338. The first kappa shape index (κ1) is 12.5. The lowest BCUT2D eigenvalue weighted by Crippen LogP contribution is -2.27. The molecule has 4 nitrogen and oxygen atoms in total. The number of pyridine rings is 2. The topological polar surface area (TPSA) is 46.1 Å². The van der Waals surface area contributed by atoms with Crippen LogP contribution >= 0.6 is 11.6 Å². The Labute approximate surface area is 110 Å². The van der Waals surface area contributed by atoms with Gasteiger partial charge in [-0.1, -0.05) is 17.7 Å². The number of amides is 1. The quantitative estimate of drug-likeness (QED) is 0.835. The van der Waals surface area contributed by atoms with Crippen molar-refractivity contribution in [3.8, 4) is 0 Å². The minimum atomic E-state index is -0.230. The fourth-order valence-electron chi connectivity index (χ4n) is 1.52. The summed E-state index contributed by atoms with van der Waals surface area (Å²) in [6.45, 7) is 1.82. The van der Waals surface area contributed by atoms with Crippen molar-refractivity contribution in [3.05, 3.63) is 52.9 Å². The molecule has 18 heavy (non-hydrogen) atoms. The van der Waals surface area contributed by atoms with Crippen LogP contribution in [0.4, 0.5) is 5.82 Å². The van der Waals surface area contributed by atoms with Crippen molar-refractivity contribution in [1.82, 2.24) is 9.97 Å². The molecule has 0 radical (unpaired) electrons. The maximum absolute atomic E-state index is 12.2. The average molecular weight is 262 g/mol. The standard InChI is InChI=1S/C13H12ClN3O/c1-9-7-11(14)10(8-16-9)13(18)17(2)12-5-3-4-6-15-12/h3-8H,1-2H3. The second-order valence-corrected chi connectivity index (χ2v) is 4.26. The van der Waals surface area contributed by atoms with E-state index in [-0.39, 0.29) is 5.91 Å². The Balaban J connectivity index is 2.32. The average Bonchev–Trinajstić information content (AvgIpc) is 2.38. The fraction of sp³-hybridized carbons (Fsp3) is 0.154. The van der Waals surface area contributed by atoms with Crippen molar-refractivity contribution in [2.45, 2.75) is 6.92 Å². The van der Waals surface area contributed by atoms with Crippen LogP contribution in [0, 0.1) is 6.92 Å². The van der Waals surface area contributed by atoms with Crippen LogP contribution in [0.25, 0.3) is 0 Å².